The smallest absolute Gasteiger partial charge is 0.306 e. The van der Waals surface area contributed by atoms with Gasteiger partial charge in [-0.1, -0.05) is 17.7 Å². The van der Waals surface area contributed by atoms with Gasteiger partial charge in [0.25, 0.3) is 11.6 Å². The zero-order valence-electron chi connectivity index (χ0n) is 17.0. The highest BCUT2D eigenvalue weighted by Gasteiger charge is 2.22. The molecular formula is C19H21ClN2O8S. The zero-order valence-corrected chi connectivity index (χ0v) is 18.6. The van der Waals surface area contributed by atoms with Crippen molar-refractivity contribution < 1.29 is 31.8 Å². The third kappa shape index (κ3) is 6.81. The molecule has 2 aromatic carbocycles. The van der Waals surface area contributed by atoms with Crippen LogP contribution >= 0.6 is 11.6 Å². The largest absolute Gasteiger partial charge is 0.493 e. The molecule has 0 aromatic heterocycles. The van der Waals surface area contributed by atoms with E-state index in [1.54, 1.807) is 6.07 Å². The first-order chi connectivity index (χ1) is 14.6. The monoisotopic (exact) mass is 472 g/mol. The second-order valence-electron chi connectivity index (χ2n) is 6.42. The van der Waals surface area contributed by atoms with Gasteiger partial charge in [-0.05, 0) is 29.8 Å². The van der Waals surface area contributed by atoms with E-state index in [9.17, 15) is 23.3 Å². The number of carbonyl (C=O) groups excluding carboxylic acids is 1. The topological polar surface area (TPSA) is 125 Å². The van der Waals surface area contributed by atoms with E-state index in [-0.39, 0.29) is 47.5 Å². The fourth-order valence-corrected chi connectivity index (χ4v) is 3.33. The number of rotatable bonds is 10. The van der Waals surface area contributed by atoms with Crippen molar-refractivity contribution in [2.75, 3.05) is 33.6 Å². The van der Waals surface area contributed by atoms with Gasteiger partial charge in [0.15, 0.2) is 11.5 Å². The molecule has 1 amide bonds. The van der Waals surface area contributed by atoms with Gasteiger partial charge in [0.2, 0.25) is 0 Å². The van der Waals surface area contributed by atoms with Crippen molar-refractivity contribution >= 4 is 33.3 Å². The van der Waals surface area contributed by atoms with Gasteiger partial charge in [0.1, 0.15) is 5.02 Å². The molecule has 12 heteroatoms. The number of methoxy groups -OCH3 is 2. The lowest BCUT2D eigenvalue weighted by Gasteiger charge is -2.23. The molecule has 10 nitrogen and oxygen atoms in total. The van der Waals surface area contributed by atoms with E-state index in [0.29, 0.717) is 5.56 Å². The summed E-state index contributed by atoms with van der Waals surface area (Å²) in [5, 5.41) is 11.1. The van der Waals surface area contributed by atoms with E-state index >= 15 is 0 Å². The van der Waals surface area contributed by atoms with Gasteiger partial charge < -0.3 is 18.6 Å². The molecular weight excluding hydrogens is 452 g/mol. The minimum absolute atomic E-state index is 0.0243. The van der Waals surface area contributed by atoms with Crippen LogP contribution in [0.15, 0.2) is 36.4 Å². The van der Waals surface area contributed by atoms with Crippen molar-refractivity contribution in [2.24, 2.45) is 0 Å². The molecule has 2 rings (SSSR count). The molecule has 0 aliphatic heterocycles. The van der Waals surface area contributed by atoms with Gasteiger partial charge in [-0.15, -0.1) is 0 Å². The van der Waals surface area contributed by atoms with Crippen molar-refractivity contribution in [3.8, 4) is 11.5 Å². The van der Waals surface area contributed by atoms with Crippen LogP contribution < -0.4 is 8.92 Å². The summed E-state index contributed by atoms with van der Waals surface area (Å²) in [6, 6.07) is 8.39. The molecule has 0 radical (unpaired) electrons. The first-order valence-electron chi connectivity index (χ1n) is 8.84. The average Bonchev–Trinajstić information content (AvgIpc) is 2.69. The van der Waals surface area contributed by atoms with Crippen molar-refractivity contribution in [2.45, 2.75) is 6.54 Å². The predicted molar refractivity (Wildman–Crippen MR) is 113 cm³/mol. The Hall–Kier alpha value is -2.89. The van der Waals surface area contributed by atoms with Crippen LogP contribution in [0, 0.1) is 10.1 Å². The third-order valence-electron chi connectivity index (χ3n) is 4.08. The van der Waals surface area contributed by atoms with Gasteiger partial charge in [0, 0.05) is 31.8 Å². The minimum Gasteiger partial charge on any atom is -0.493 e. The molecule has 168 valence electrons. The van der Waals surface area contributed by atoms with Gasteiger partial charge in [-0.25, -0.2) is 0 Å². The standard InChI is InChI=1S/C19H21ClN2O8S/c1-28-9-8-21(19(23)14-5-6-15(20)16(11-14)22(24)25)12-13-4-7-17(29-2)18(10-13)30-31(3,26)27/h4-7,10-11H,8-9,12H2,1-3H3. The molecule has 2 aromatic rings. The van der Waals surface area contributed by atoms with Crippen molar-refractivity contribution in [3.05, 3.63) is 62.7 Å². The molecule has 0 unspecified atom stereocenters. The van der Waals surface area contributed by atoms with E-state index in [1.807, 2.05) is 0 Å². The van der Waals surface area contributed by atoms with Crippen LogP contribution in [0.2, 0.25) is 5.02 Å². The molecule has 0 saturated carbocycles. The van der Waals surface area contributed by atoms with E-state index in [4.69, 9.17) is 25.3 Å². The lowest BCUT2D eigenvalue weighted by Crippen LogP contribution is -2.33. The second-order valence-corrected chi connectivity index (χ2v) is 8.40. The lowest BCUT2D eigenvalue weighted by atomic mass is 10.1. The third-order valence-corrected chi connectivity index (χ3v) is 4.89. The summed E-state index contributed by atoms with van der Waals surface area (Å²) >= 11 is 5.83. The molecule has 0 heterocycles. The fourth-order valence-electron chi connectivity index (χ4n) is 2.69. The Balaban J connectivity index is 2.37. The number of nitrogens with zero attached hydrogens (tertiary/aromatic N) is 2. The number of benzene rings is 2. The number of carbonyl (C=O) groups is 1. The van der Waals surface area contributed by atoms with Crippen LogP contribution in [0.5, 0.6) is 11.5 Å². The molecule has 0 spiro atoms. The van der Waals surface area contributed by atoms with Crippen LogP contribution in [0.25, 0.3) is 0 Å². The molecule has 0 N–H and O–H groups in total. The Morgan fingerprint density at radius 1 is 1.16 bits per heavy atom. The molecule has 0 fully saturated rings. The highest BCUT2D eigenvalue weighted by atomic mass is 35.5. The maximum Gasteiger partial charge on any atom is 0.306 e. The zero-order chi connectivity index (χ0) is 23.2. The number of hydrogen-bond donors (Lipinski definition) is 0. The van der Waals surface area contributed by atoms with Crippen molar-refractivity contribution in [3.63, 3.8) is 0 Å². The minimum atomic E-state index is -3.80. The number of amides is 1. The van der Waals surface area contributed by atoms with Crippen LogP contribution in [-0.4, -0.2) is 57.8 Å². The lowest BCUT2D eigenvalue weighted by molar-refractivity contribution is -0.384. The predicted octanol–water partition coefficient (Wildman–Crippen LogP) is 2.88. The molecule has 31 heavy (non-hydrogen) atoms. The first-order valence-corrected chi connectivity index (χ1v) is 11.0. The summed E-state index contributed by atoms with van der Waals surface area (Å²) < 4.78 is 38.2. The summed E-state index contributed by atoms with van der Waals surface area (Å²) in [6.07, 6.45) is 0.904. The van der Waals surface area contributed by atoms with Gasteiger partial charge in [-0.3, -0.25) is 14.9 Å². The Kier molecular flexibility index (Phi) is 8.20. The average molecular weight is 473 g/mol. The SMILES string of the molecule is COCCN(Cc1ccc(OC)c(OS(C)(=O)=O)c1)C(=O)c1ccc(Cl)c([N+](=O)[O-])c1. The van der Waals surface area contributed by atoms with Crippen molar-refractivity contribution in [1.29, 1.82) is 0 Å². The summed E-state index contributed by atoms with van der Waals surface area (Å²) in [5.41, 5.74) is 0.244. The van der Waals surface area contributed by atoms with E-state index in [1.165, 1.54) is 43.4 Å². The van der Waals surface area contributed by atoms with E-state index in [0.717, 1.165) is 12.3 Å². The maximum absolute atomic E-state index is 13.0. The first kappa shape index (κ1) is 24.4. The second kappa shape index (κ2) is 10.4. The molecule has 0 saturated heterocycles. The summed E-state index contributed by atoms with van der Waals surface area (Å²) in [4.78, 5) is 24.9. The number of ether oxygens (including phenoxy) is 2. The van der Waals surface area contributed by atoms with E-state index in [2.05, 4.69) is 0 Å². The van der Waals surface area contributed by atoms with Gasteiger partial charge in [0.05, 0.1) is 24.9 Å². The normalized spacial score (nSPS) is 11.1. The number of nitro benzene ring substituents is 1. The highest BCUT2D eigenvalue weighted by Crippen LogP contribution is 2.30. The maximum atomic E-state index is 13.0. The molecule has 0 aliphatic rings. The number of halogens is 1. The van der Waals surface area contributed by atoms with Crippen LogP contribution in [0.4, 0.5) is 5.69 Å². The van der Waals surface area contributed by atoms with Gasteiger partial charge >= 0.3 is 10.1 Å². The Morgan fingerprint density at radius 3 is 2.45 bits per heavy atom. The molecule has 0 atom stereocenters. The number of hydrogen-bond acceptors (Lipinski definition) is 8. The molecule has 0 bridgehead atoms. The highest BCUT2D eigenvalue weighted by molar-refractivity contribution is 7.86. The fraction of sp³-hybridized carbons (Fsp3) is 0.316. The quantitative estimate of drug-likeness (QED) is 0.293. The summed E-state index contributed by atoms with van der Waals surface area (Å²) in [6.45, 7) is 0.451. The van der Waals surface area contributed by atoms with Crippen LogP contribution in [-0.2, 0) is 21.4 Å². The summed E-state index contributed by atoms with van der Waals surface area (Å²) in [7, 11) is -0.962. The number of nitro groups is 1. The Bertz CT molecular complexity index is 1070. The van der Waals surface area contributed by atoms with Crippen molar-refractivity contribution in [1.82, 2.24) is 4.90 Å². The van der Waals surface area contributed by atoms with Crippen LogP contribution in [0.3, 0.4) is 0 Å². The van der Waals surface area contributed by atoms with Crippen LogP contribution in [0.1, 0.15) is 15.9 Å². The van der Waals surface area contributed by atoms with Gasteiger partial charge in [-0.2, -0.15) is 8.42 Å². The van der Waals surface area contributed by atoms with E-state index < -0.39 is 20.9 Å². The Labute approximate surface area is 184 Å². The Morgan fingerprint density at radius 2 is 1.87 bits per heavy atom. The molecule has 0 aliphatic carbocycles. The summed E-state index contributed by atoms with van der Waals surface area (Å²) in [5.74, 6) is -0.306.